The summed E-state index contributed by atoms with van der Waals surface area (Å²) < 4.78 is 79.7. The summed E-state index contributed by atoms with van der Waals surface area (Å²) in [5.41, 5.74) is 3.76. The first kappa shape index (κ1) is 27.2. The molecule has 208 valence electrons. The van der Waals surface area contributed by atoms with Gasteiger partial charge in [0, 0.05) is 29.5 Å². The maximum absolute atomic E-state index is 13.3. The third kappa shape index (κ3) is 5.61. The normalized spacial score (nSPS) is 12.0. The van der Waals surface area contributed by atoms with E-state index in [1.54, 1.807) is 24.5 Å². The van der Waals surface area contributed by atoms with Gasteiger partial charge in [0.05, 0.1) is 16.6 Å². The fraction of sp³-hybridized carbons (Fsp3) is 0.0588. The number of hydrogen-bond donors (Lipinski definition) is 0. The van der Waals surface area contributed by atoms with E-state index in [4.69, 9.17) is 0 Å². The van der Waals surface area contributed by atoms with Crippen molar-refractivity contribution in [3.63, 3.8) is 0 Å². The van der Waals surface area contributed by atoms with Gasteiger partial charge in [0.1, 0.15) is 0 Å². The Morgan fingerprint density at radius 3 is 1.50 bits per heavy atom. The van der Waals surface area contributed by atoms with Crippen molar-refractivity contribution in [3.8, 4) is 44.5 Å². The van der Waals surface area contributed by atoms with Crippen LogP contribution in [0.4, 0.5) is 26.3 Å². The highest BCUT2D eigenvalue weighted by Crippen LogP contribution is 2.39. The van der Waals surface area contributed by atoms with Crippen molar-refractivity contribution < 1.29 is 26.3 Å². The molecule has 42 heavy (non-hydrogen) atoms. The number of halogens is 6. The third-order valence-corrected chi connectivity index (χ3v) is 7.04. The number of benzene rings is 4. The van der Waals surface area contributed by atoms with E-state index < -0.39 is 23.5 Å². The monoisotopic (exact) mass is 570 g/mol. The molecule has 0 radical (unpaired) electrons. The number of pyridine rings is 2. The number of nitrogens with zero attached hydrogens (tertiary/aromatic N) is 2. The average molecular weight is 571 g/mol. The van der Waals surface area contributed by atoms with E-state index in [1.807, 2.05) is 66.9 Å². The first-order valence-electron chi connectivity index (χ1n) is 12.9. The van der Waals surface area contributed by atoms with Gasteiger partial charge in [-0.05, 0) is 75.3 Å². The van der Waals surface area contributed by atoms with Gasteiger partial charge in [-0.15, -0.1) is 0 Å². The zero-order valence-electron chi connectivity index (χ0n) is 21.7. The lowest BCUT2D eigenvalue weighted by Gasteiger charge is -2.14. The van der Waals surface area contributed by atoms with Crippen molar-refractivity contribution in [2.75, 3.05) is 0 Å². The summed E-state index contributed by atoms with van der Waals surface area (Å²) >= 11 is 0. The lowest BCUT2D eigenvalue weighted by Crippen LogP contribution is -2.11. The van der Waals surface area contributed by atoms with E-state index in [-0.39, 0.29) is 17.2 Å². The molecule has 0 saturated carbocycles. The molecule has 0 atom stereocenters. The standard InChI is InChI=1S/C34H20F6N2/c35-33(36,37)30-15-28(16-31(18-30)34(38,39)40)23-7-3-21(4-8-23)25-11-12-26-14-29(20-42-32(26)17-25)24-9-5-22(6-10-24)27-2-1-13-41-19-27/h1-20H. The van der Waals surface area contributed by atoms with Gasteiger partial charge in [-0.3, -0.25) is 9.97 Å². The van der Waals surface area contributed by atoms with Crippen molar-refractivity contribution in [2.24, 2.45) is 0 Å². The lowest BCUT2D eigenvalue weighted by atomic mass is 9.96. The van der Waals surface area contributed by atoms with Crippen molar-refractivity contribution in [3.05, 3.63) is 133 Å². The Bertz CT molecular complexity index is 1840. The number of rotatable bonds is 4. The summed E-state index contributed by atoms with van der Waals surface area (Å²) in [6.07, 6.45) is -4.47. The van der Waals surface area contributed by atoms with E-state index >= 15 is 0 Å². The molecule has 2 heterocycles. The molecule has 0 unspecified atom stereocenters. The van der Waals surface area contributed by atoms with Gasteiger partial charge in [0.25, 0.3) is 0 Å². The molecule has 4 aromatic carbocycles. The van der Waals surface area contributed by atoms with E-state index in [2.05, 4.69) is 9.97 Å². The van der Waals surface area contributed by atoms with Crippen LogP contribution >= 0.6 is 0 Å². The molecule has 0 bridgehead atoms. The van der Waals surface area contributed by atoms with Gasteiger partial charge in [-0.25, -0.2) is 0 Å². The molecule has 0 saturated heterocycles. The number of hydrogen-bond acceptors (Lipinski definition) is 2. The maximum atomic E-state index is 13.3. The molecule has 2 aromatic heterocycles. The van der Waals surface area contributed by atoms with Crippen LogP contribution in [0.5, 0.6) is 0 Å². The highest BCUT2D eigenvalue weighted by Gasteiger charge is 2.37. The van der Waals surface area contributed by atoms with Crippen LogP contribution in [-0.2, 0) is 12.4 Å². The fourth-order valence-electron chi connectivity index (χ4n) is 4.82. The molecule has 0 aliphatic rings. The highest BCUT2D eigenvalue weighted by atomic mass is 19.4. The van der Waals surface area contributed by atoms with Crippen LogP contribution in [0.15, 0.2) is 122 Å². The first-order chi connectivity index (χ1) is 20.0. The van der Waals surface area contributed by atoms with Crippen molar-refractivity contribution in [1.29, 1.82) is 0 Å². The summed E-state index contributed by atoms with van der Waals surface area (Å²) in [5, 5.41) is 0.924. The van der Waals surface area contributed by atoms with Gasteiger partial charge in [-0.1, -0.05) is 66.7 Å². The average Bonchev–Trinajstić information content (AvgIpc) is 3.00. The molecule has 0 amide bonds. The van der Waals surface area contributed by atoms with Gasteiger partial charge in [0.2, 0.25) is 0 Å². The second-order valence-corrected chi connectivity index (χ2v) is 9.82. The molecule has 0 N–H and O–H groups in total. The fourth-order valence-corrected chi connectivity index (χ4v) is 4.82. The SMILES string of the molecule is FC(F)(F)c1cc(-c2ccc(-c3ccc4cc(-c5ccc(-c6cccnc6)cc5)cnc4c3)cc2)cc(C(F)(F)F)c1. The zero-order valence-corrected chi connectivity index (χ0v) is 21.7. The van der Waals surface area contributed by atoms with Crippen LogP contribution < -0.4 is 0 Å². The molecule has 0 aliphatic heterocycles. The Labute approximate surface area is 237 Å². The molecule has 8 heteroatoms. The summed E-state index contributed by atoms with van der Waals surface area (Å²) in [5.74, 6) is 0. The van der Waals surface area contributed by atoms with Crippen molar-refractivity contribution in [1.82, 2.24) is 9.97 Å². The van der Waals surface area contributed by atoms with Gasteiger partial charge in [-0.2, -0.15) is 26.3 Å². The van der Waals surface area contributed by atoms with Crippen molar-refractivity contribution in [2.45, 2.75) is 12.4 Å². The summed E-state index contributed by atoms with van der Waals surface area (Å²) in [4.78, 5) is 8.79. The molecule has 0 aliphatic carbocycles. The Morgan fingerprint density at radius 2 is 0.952 bits per heavy atom. The summed E-state index contributed by atoms with van der Waals surface area (Å²) in [6.45, 7) is 0. The largest absolute Gasteiger partial charge is 0.416 e. The Hall–Kier alpha value is -4.98. The van der Waals surface area contributed by atoms with Crippen molar-refractivity contribution >= 4 is 10.9 Å². The Balaban J connectivity index is 1.27. The third-order valence-electron chi connectivity index (χ3n) is 7.04. The molecular formula is C34H20F6N2. The quantitative estimate of drug-likeness (QED) is 0.197. The highest BCUT2D eigenvalue weighted by molar-refractivity contribution is 5.88. The van der Waals surface area contributed by atoms with E-state index in [0.717, 1.165) is 56.4 Å². The molecule has 0 spiro atoms. The van der Waals surface area contributed by atoms with E-state index in [9.17, 15) is 26.3 Å². The minimum Gasteiger partial charge on any atom is -0.264 e. The second kappa shape index (κ2) is 10.4. The maximum Gasteiger partial charge on any atom is 0.416 e. The van der Waals surface area contributed by atoms with Crippen LogP contribution in [0, 0.1) is 0 Å². The minimum absolute atomic E-state index is 0.128. The van der Waals surface area contributed by atoms with Crippen LogP contribution in [0.25, 0.3) is 55.4 Å². The second-order valence-electron chi connectivity index (χ2n) is 9.82. The lowest BCUT2D eigenvalue weighted by molar-refractivity contribution is -0.143. The molecule has 2 nitrogen and oxygen atoms in total. The van der Waals surface area contributed by atoms with E-state index in [1.165, 1.54) is 12.1 Å². The number of alkyl halides is 6. The Kier molecular flexibility index (Phi) is 6.77. The molecule has 6 aromatic rings. The van der Waals surface area contributed by atoms with Crippen LogP contribution in [0.3, 0.4) is 0 Å². The number of fused-ring (bicyclic) bond motifs is 1. The minimum atomic E-state index is -4.91. The molecular weight excluding hydrogens is 550 g/mol. The van der Waals surface area contributed by atoms with E-state index in [0.29, 0.717) is 0 Å². The van der Waals surface area contributed by atoms with Crippen LogP contribution in [0.1, 0.15) is 11.1 Å². The predicted octanol–water partition coefficient (Wildman–Crippen LogP) is 10.3. The predicted molar refractivity (Wildman–Crippen MR) is 151 cm³/mol. The number of aromatic nitrogens is 2. The van der Waals surface area contributed by atoms with Gasteiger partial charge >= 0.3 is 12.4 Å². The smallest absolute Gasteiger partial charge is 0.264 e. The topological polar surface area (TPSA) is 25.8 Å². The summed E-state index contributed by atoms with van der Waals surface area (Å²) in [6, 6.07) is 27.7. The summed E-state index contributed by atoms with van der Waals surface area (Å²) in [7, 11) is 0. The van der Waals surface area contributed by atoms with Crippen LogP contribution in [-0.4, -0.2) is 9.97 Å². The first-order valence-corrected chi connectivity index (χ1v) is 12.9. The van der Waals surface area contributed by atoms with Crippen LogP contribution in [0.2, 0.25) is 0 Å². The Morgan fingerprint density at radius 1 is 0.429 bits per heavy atom. The molecule has 6 rings (SSSR count). The van der Waals surface area contributed by atoms with Gasteiger partial charge < -0.3 is 0 Å². The van der Waals surface area contributed by atoms with Gasteiger partial charge in [0.15, 0.2) is 0 Å². The molecule has 0 fully saturated rings. The zero-order chi connectivity index (χ0) is 29.5.